The molecule has 4 aliphatic carbocycles. The normalized spacial score (nSPS) is 46.0. The van der Waals surface area contributed by atoms with E-state index in [0.717, 1.165) is 19.3 Å². The topological polar surface area (TPSA) is 94.5 Å². The number of alkyl halides is 1. The number of hydrogen-bond acceptors (Lipinski definition) is 5. The van der Waals surface area contributed by atoms with E-state index in [1.807, 2.05) is 0 Å². The number of methoxy groups -OCH3 is 1. The zero-order chi connectivity index (χ0) is 22.4. The van der Waals surface area contributed by atoms with Crippen LogP contribution >= 0.6 is 31.0 Å². The Kier molecular flexibility index (Phi) is 3.55. The molecule has 4 saturated carbocycles. The molecule has 1 aliphatic heterocycles. The standard InChI is InChI=1S/C18H21Cl2O7P/c1-24-18(11-2-3-14(19)15(6-11)25-28(21,22)23)17(26-27-18)12-4-10-5-13(17)9-16(20,7-10)8-12/h2-3,6,10,12-13H,4-5,7-9H2,1H3,(H2,21,22,23)/i1D3. The number of benzene rings is 1. The zero-order valence-electron chi connectivity index (χ0n) is 17.6. The van der Waals surface area contributed by atoms with Gasteiger partial charge in [0.05, 0.1) is 9.13 Å². The Labute approximate surface area is 176 Å². The molecule has 1 aromatic carbocycles. The Bertz CT molecular complexity index is 954. The lowest BCUT2D eigenvalue weighted by Gasteiger charge is -2.70. The number of phosphoric ester groups is 1. The fourth-order valence-electron chi connectivity index (χ4n) is 6.09. The highest BCUT2D eigenvalue weighted by molar-refractivity contribution is 7.46. The molecule has 7 nitrogen and oxygen atoms in total. The number of ether oxygens (including phenoxy) is 1. The maximum Gasteiger partial charge on any atom is 0.524 e. The van der Waals surface area contributed by atoms with Crippen molar-refractivity contribution in [2.45, 2.75) is 48.4 Å². The average Bonchev–Trinajstić information content (AvgIpc) is 2.57. The van der Waals surface area contributed by atoms with Gasteiger partial charge in [-0.1, -0.05) is 17.7 Å². The van der Waals surface area contributed by atoms with Crippen molar-refractivity contribution in [1.82, 2.24) is 0 Å². The third kappa shape index (κ3) is 2.58. The van der Waals surface area contributed by atoms with Crippen molar-refractivity contribution in [3.8, 4) is 5.75 Å². The van der Waals surface area contributed by atoms with Crippen molar-refractivity contribution >= 4 is 31.0 Å². The second-order valence-corrected chi connectivity index (χ2v) is 10.8. The van der Waals surface area contributed by atoms with Gasteiger partial charge in [0.15, 0.2) is 11.4 Å². The second kappa shape index (κ2) is 6.08. The van der Waals surface area contributed by atoms with Gasteiger partial charge < -0.3 is 9.26 Å². The molecule has 6 rings (SSSR count). The molecule has 0 aromatic heterocycles. The summed E-state index contributed by atoms with van der Waals surface area (Å²) in [6.07, 6.45) is 3.81. The minimum absolute atomic E-state index is 0.0600. The molecule has 1 saturated heterocycles. The molecule has 1 heterocycles. The van der Waals surface area contributed by atoms with E-state index in [2.05, 4.69) is 0 Å². The lowest BCUT2D eigenvalue weighted by Crippen LogP contribution is -2.78. The molecular formula is C18H21Cl2O7P. The van der Waals surface area contributed by atoms with Crippen LogP contribution in [-0.4, -0.2) is 27.3 Å². The summed E-state index contributed by atoms with van der Waals surface area (Å²) in [4.78, 5) is 29.4. The van der Waals surface area contributed by atoms with Crippen LogP contribution in [0.2, 0.25) is 5.02 Å². The smallest absolute Gasteiger partial charge is 0.403 e. The van der Waals surface area contributed by atoms with Crippen LogP contribution in [0.4, 0.5) is 0 Å². The summed E-state index contributed by atoms with van der Waals surface area (Å²) < 4.78 is 45.0. The van der Waals surface area contributed by atoms with Crippen LogP contribution in [0.15, 0.2) is 18.2 Å². The number of phosphoric acid groups is 1. The quantitative estimate of drug-likeness (QED) is 0.402. The minimum atomic E-state index is -4.92. The van der Waals surface area contributed by atoms with E-state index in [9.17, 15) is 14.4 Å². The summed E-state index contributed by atoms with van der Waals surface area (Å²) in [5.74, 6) is -1.92. The predicted molar refractivity (Wildman–Crippen MR) is 99.9 cm³/mol. The molecule has 0 amide bonds. The Balaban J connectivity index is 1.63. The van der Waals surface area contributed by atoms with Gasteiger partial charge in [-0.2, -0.15) is 4.89 Å². The first kappa shape index (κ1) is 16.3. The molecule has 10 heteroatoms. The van der Waals surface area contributed by atoms with E-state index in [-0.39, 0.29) is 33.0 Å². The summed E-state index contributed by atoms with van der Waals surface area (Å²) in [5, 5.41) is -0.0600. The van der Waals surface area contributed by atoms with Gasteiger partial charge >= 0.3 is 7.82 Å². The van der Waals surface area contributed by atoms with Crippen molar-refractivity contribution in [3.05, 3.63) is 28.8 Å². The van der Waals surface area contributed by atoms with Gasteiger partial charge in [0, 0.05) is 17.5 Å². The van der Waals surface area contributed by atoms with E-state index in [1.165, 1.54) is 18.2 Å². The van der Waals surface area contributed by atoms with E-state index < -0.39 is 26.2 Å². The molecule has 2 N–H and O–H groups in total. The molecule has 5 fully saturated rings. The van der Waals surface area contributed by atoms with Gasteiger partial charge in [0.25, 0.3) is 5.79 Å². The predicted octanol–water partition coefficient (Wildman–Crippen LogP) is 4.13. The van der Waals surface area contributed by atoms with Crippen molar-refractivity contribution in [1.29, 1.82) is 0 Å². The maximum atomic E-state index is 11.4. The number of rotatable bonds is 4. The molecule has 1 spiro atoms. The van der Waals surface area contributed by atoms with Crippen LogP contribution in [0.1, 0.15) is 41.8 Å². The first-order valence-electron chi connectivity index (χ1n) is 10.6. The maximum absolute atomic E-state index is 11.4. The lowest BCUT2D eigenvalue weighted by molar-refractivity contribution is -0.645. The zero-order valence-corrected chi connectivity index (χ0v) is 17.0. The Morgan fingerprint density at radius 3 is 2.50 bits per heavy atom. The van der Waals surface area contributed by atoms with Gasteiger partial charge in [-0.3, -0.25) is 9.79 Å². The minimum Gasteiger partial charge on any atom is -0.403 e. The fraction of sp³-hybridized carbons (Fsp3) is 0.667. The second-order valence-electron chi connectivity index (χ2n) is 8.40. The van der Waals surface area contributed by atoms with Gasteiger partial charge in [-0.15, -0.1) is 11.6 Å². The number of halogens is 2. The number of hydrogen-bond donors (Lipinski definition) is 2. The van der Waals surface area contributed by atoms with Crippen LogP contribution in [-0.2, 0) is 24.9 Å². The highest BCUT2D eigenvalue weighted by atomic mass is 35.5. The molecule has 28 heavy (non-hydrogen) atoms. The SMILES string of the molecule is [2H]C([2H])([2H])OC1(c2ccc(Cl)c(OP(=O)(O)O)c2)OOC12C1CC3CC2CC(Cl)(C3)C1. The van der Waals surface area contributed by atoms with E-state index >= 15 is 0 Å². The summed E-state index contributed by atoms with van der Waals surface area (Å²) >= 11 is 12.9. The largest absolute Gasteiger partial charge is 0.524 e. The van der Waals surface area contributed by atoms with Crippen molar-refractivity contribution < 1.29 is 37.5 Å². The molecule has 3 atom stereocenters. The summed E-state index contributed by atoms with van der Waals surface area (Å²) in [6.45, 7) is 0. The fourth-order valence-corrected chi connectivity index (χ4v) is 7.30. The van der Waals surface area contributed by atoms with E-state index in [4.69, 9.17) is 46.3 Å². The van der Waals surface area contributed by atoms with Crippen molar-refractivity contribution in [3.63, 3.8) is 0 Å². The molecule has 1 aromatic rings. The van der Waals surface area contributed by atoms with Crippen LogP contribution < -0.4 is 4.52 Å². The molecule has 3 unspecified atom stereocenters. The summed E-state index contributed by atoms with van der Waals surface area (Å²) in [5.41, 5.74) is -0.900. The van der Waals surface area contributed by atoms with E-state index in [1.54, 1.807) is 0 Å². The third-order valence-electron chi connectivity index (χ3n) is 6.81. The molecule has 5 aliphatic rings. The van der Waals surface area contributed by atoms with Gasteiger partial charge in [0.1, 0.15) is 0 Å². The van der Waals surface area contributed by atoms with Crippen LogP contribution in [0, 0.1) is 17.8 Å². The van der Waals surface area contributed by atoms with Crippen LogP contribution in [0.3, 0.4) is 0 Å². The van der Waals surface area contributed by atoms with Gasteiger partial charge in [-0.25, -0.2) is 9.45 Å². The molecule has 4 bridgehead atoms. The highest BCUT2D eigenvalue weighted by Crippen LogP contribution is 2.71. The lowest BCUT2D eigenvalue weighted by atomic mass is 9.46. The van der Waals surface area contributed by atoms with E-state index in [0.29, 0.717) is 18.8 Å². The Hall–Kier alpha value is -0.370. The summed E-state index contributed by atoms with van der Waals surface area (Å²) in [7, 11) is -7.75. The third-order valence-corrected chi connectivity index (χ3v) is 8.02. The van der Waals surface area contributed by atoms with Gasteiger partial charge in [-0.05, 0) is 62.0 Å². The monoisotopic (exact) mass is 453 g/mol. The molecule has 154 valence electrons. The average molecular weight is 454 g/mol. The van der Waals surface area contributed by atoms with Gasteiger partial charge in [0.2, 0.25) is 0 Å². The van der Waals surface area contributed by atoms with Crippen LogP contribution in [0.5, 0.6) is 5.75 Å². The van der Waals surface area contributed by atoms with Crippen LogP contribution in [0.25, 0.3) is 0 Å². The highest BCUT2D eigenvalue weighted by Gasteiger charge is 2.78. The Morgan fingerprint density at radius 1 is 1.25 bits per heavy atom. The first-order chi connectivity index (χ1) is 14.3. The van der Waals surface area contributed by atoms with Crippen molar-refractivity contribution in [2.75, 3.05) is 7.04 Å². The summed E-state index contributed by atoms with van der Waals surface area (Å²) in [6, 6.07) is 4.08. The molecule has 0 radical (unpaired) electrons. The Morgan fingerprint density at radius 2 is 1.96 bits per heavy atom. The first-order valence-corrected chi connectivity index (χ1v) is 11.4. The molecular weight excluding hydrogens is 430 g/mol. The van der Waals surface area contributed by atoms with Crippen molar-refractivity contribution in [2.24, 2.45) is 17.8 Å².